The molecule has 2 saturated heterocycles. The molecule has 8 nitrogen and oxygen atoms in total. The zero-order valence-corrected chi connectivity index (χ0v) is 26.2. The van der Waals surface area contributed by atoms with Crippen molar-refractivity contribution in [3.8, 4) is 18.6 Å². The summed E-state index contributed by atoms with van der Waals surface area (Å²) in [6.07, 6.45) is 17.7. The Labute approximate surface area is 251 Å². The molecule has 3 N–H and O–H groups in total. The van der Waals surface area contributed by atoms with Crippen molar-refractivity contribution < 1.29 is 29.2 Å². The third-order valence-corrected chi connectivity index (χ3v) is 7.95. The lowest BCUT2D eigenvalue weighted by atomic mass is 9.86. The van der Waals surface area contributed by atoms with Gasteiger partial charge in [-0.2, -0.15) is 0 Å². The highest BCUT2D eigenvalue weighted by atomic mass is 35.5. The molecule has 41 heavy (non-hydrogen) atoms. The maximum atomic E-state index is 12.2. The Morgan fingerprint density at radius 2 is 1.90 bits per heavy atom. The molecule has 0 radical (unpaired) electrons. The number of halogens is 1. The summed E-state index contributed by atoms with van der Waals surface area (Å²) < 4.78 is 17.4. The van der Waals surface area contributed by atoms with Gasteiger partial charge >= 0.3 is 6.09 Å². The van der Waals surface area contributed by atoms with Crippen LogP contribution in [0.15, 0.2) is 48.2 Å². The van der Waals surface area contributed by atoms with E-state index in [1.54, 1.807) is 7.11 Å². The largest absolute Gasteiger partial charge is 0.495 e. The summed E-state index contributed by atoms with van der Waals surface area (Å²) in [5, 5.41) is 17.5. The number of hydrogen-bond acceptors (Lipinski definition) is 7. The van der Waals surface area contributed by atoms with Gasteiger partial charge in [0.15, 0.2) is 0 Å². The van der Waals surface area contributed by atoms with E-state index in [1.165, 1.54) is 5.57 Å². The maximum Gasteiger partial charge on any atom is 0.407 e. The second-order valence-electron chi connectivity index (χ2n) is 10.3. The molecule has 4 bridgehead atoms. The summed E-state index contributed by atoms with van der Waals surface area (Å²) in [6, 6.07) is 4.16. The van der Waals surface area contributed by atoms with Crippen molar-refractivity contribution in [1.29, 1.82) is 0 Å². The van der Waals surface area contributed by atoms with E-state index in [-0.39, 0.29) is 35.9 Å². The van der Waals surface area contributed by atoms with Crippen LogP contribution in [0.3, 0.4) is 0 Å². The van der Waals surface area contributed by atoms with Gasteiger partial charge in [-0.25, -0.2) is 4.79 Å². The summed E-state index contributed by atoms with van der Waals surface area (Å²) in [4.78, 5) is 14.3. The van der Waals surface area contributed by atoms with Gasteiger partial charge < -0.3 is 34.6 Å². The number of terminal acetylenes is 1. The monoisotopic (exact) mass is 590 g/mol. The Bertz CT molecular complexity index is 1100. The van der Waals surface area contributed by atoms with E-state index in [2.05, 4.69) is 69.8 Å². The summed E-state index contributed by atoms with van der Waals surface area (Å²) in [6.45, 7) is 10.7. The van der Waals surface area contributed by atoms with Crippen molar-refractivity contribution in [3.63, 3.8) is 0 Å². The number of carbonyl (C=O) groups excluding carboxylic acids is 1. The number of nitrogens with one attached hydrogen (secondary N) is 1. The van der Waals surface area contributed by atoms with Crippen molar-refractivity contribution in [1.82, 2.24) is 5.32 Å². The van der Waals surface area contributed by atoms with E-state index >= 15 is 0 Å². The highest BCUT2D eigenvalue weighted by Gasteiger charge is 2.57. The van der Waals surface area contributed by atoms with Crippen LogP contribution in [0.1, 0.15) is 52.0 Å². The second kappa shape index (κ2) is 17.1. The molecule has 1 amide bonds. The Balaban J connectivity index is 0.00000131. The van der Waals surface area contributed by atoms with E-state index in [0.29, 0.717) is 10.8 Å². The van der Waals surface area contributed by atoms with Gasteiger partial charge in [-0.1, -0.05) is 48.9 Å². The van der Waals surface area contributed by atoms with Crippen molar-refractivity contribution in [3.05, 3.63) is 58.8 Å². The number of aliphatic hydroxyl groups excluding tert-OH is 2. The van der Waals surface area contributed by atoms with Gasteiger partial charge in [0.1, 0.15) is 16.9 Å². The number of hydrogen-bond donors (Lipinski definition) is 3. The summed E-state index contributed by atoms with van der Waals surface area (Å²) in [7, 11) is 5.63. The number of ether oxygens (including phenoxy) is 3. The standard InChI is InChI=1S/C28H37ClN2O4.C2H2.2CH4O/c1-17-9-7-8-10-21-16-23(34-27(32)30-21)19(3)26-28(4,35-26)12-11-18(2)31(5)22-14-20(13-17)15-24(33-6)25(22)29;3*1-2/h7-9,14-15,19,21,23,26H,2,10-13,16H2,1,3-6H3,(H,30,32);1-2H;2*2H,1H3/b8-7+,17-9+;;;/t19-,21?,23?,26?,28?;;;/m1.../s1. The topological polar surface area (TPSA) is 104 Å². The molecule has 3 aliphatic rings. The third-order valence-electron chi connectivity index (χ3n) is 7.57. The predicted molar refractivity (Wildman–Crippen MR) is 166 cm³/mol. The fourth-order valence-electron chi connectivity index (χ4n) is 5.24. The summed E-state index contributed by atoms with van der Waals surface area (Å²) in [5.74, 6) is 0.769. The summed E-state index contributed by atoms with van der Waals surface area (Å²) >= 11 is 6.71. The predicted octanol–water partition coefficient (Wildman–Crippen LogP) is 5.65. The zero-order chi connectivity index (χ0) is 31.3. The van der Waals surface area contributed by atoms with Crippen molar-refractivity contribution in [2.45, 2.75) is 76.7 Å². The number of epoxide rings is 1. The van der Waals surface area contributed by atoms with Crippen LogP contribution in [0.4, 0.5) is 10.5 Å². The Hall–Kier alpha value is -2.96. The van der Waals surface area contributed by atoms with Gasteiger partial charge in [0.05, 0.1) is 24.5 Å². The Morgan fingerprint density at radius 3 is 2.54 bits per heavy atom. The first-order valence-corrected chi connectivity index (χ1v) is 14.0. The fraction of sp³-hybridized carbons (Fsp3) is 0.531. The van der Waals surface area contributed by atoms with Gasteiger partial charge in [-0.05, 0) is 57.2 Å². The number of rotatable bonds is 1. The molecule has 0 spiro atoms. The van der Waals surface area contributed by atoms with Crippen LogP contribution < -0.4 is 15.0 Å². The molecule has 2 fully saturated rings. The van der Waals surface area contributed by atoms with Crippen molar-refractivity contribution in [2.24, 2.45) is 5.92 Å². The van der Waals surface area contributed by atoms with Gasteiger partial charge in [0.25, 0.3) is 0 Å². The van der Waals surface area contributed by atoms with Crippen LogP contribution in [-0.2, 0) is 15.9 Å². The molecule has 228 valence electrons. The first-order chi connectivity index (χ1) is 19.6. The number of anilines is 1. The Morgan fingerprint density at radius 1 is 1.24 bits per heavy atom. The number of alkyl carbamates (subject to hydrolysis) is 1. The second-order valence-corrected chi connectivity index (χ2v) is 10.7. The maximum absolute atomic E-state index is 12.2. The summed E-state index contributed by atoms with van der Waals surface area (Å²) in [5.41, 5.74) is 3.90. The number of benzene rings is 1. The van der Waals surface area contributed by atoms with Gasteiger partial charge in [0.2, 0.25) is 0 Å². The highest BCUT2D eigenvalue weighted by molar-refractivity contribution is 6.34. The molecule has 3 aliphatic heterocycles. The van der Waals surface area contributed by atoms with E-state index < -0.39 is 0 Å². The molecule has 4 rings (SSSR count). The Kier molecular flexibility index (Phi) is 15.0. The smallest absolute Gasteiger partial charge is 0.407 e. The van der Waals surface area contributed by atoms with E-state index in [9.17, 15) is 4.79 Å². The minimum Gasteiger partial charge on any atom is -0.495 e. The lowest BCUT2D eigenvalue weighted by Crippen LogP contribution is -2.48. The lowest BCUT2D eigenvalue weighted by molar-refractivity contribution is 0.0221. The molecule has 0 saturated carbocycles. The van der Waals surface area contributed by atoms with Gasteiger partial charge in [0, 0.05) is 45.3 Å². The molecule has 3 heterocycles. The first kappa shape index (κ1) is 36.1. The highest BCUT2D eigenvalue weighted by Crippen LogP contribution is 2.48. The molecule has 4 unspecified atom stereocenters. The van der Waals surface area contributed by atoms with Crippen LogP contribution in [0.5, 0.6) is 5.75 Å². The minimum atomic E-state index is -0.341. The van der Waals surface area contributed by atoms with Crippen LogP contribution in [0.2, 0.25) is 5.02 Å². The number of fused-ring (bicyclic) bond motifs is 5. The van der Waals surface area contributed by atoms with Crippen molar-refractivity contribution in [2.75, 3.05) is 33.3 Å². The fourth-order valence-corrected chi connectivity index (χ4v) is 5.55. The molecule has 5 atom stereocenters. The minimum absolute atomic E-state index is 0.0485. The lowest BCUT2D eigenvalue weighted by Gasteiger charge is -2.33. The molecule has 0 aromatic heterocycles. The zero-order valence-electron chi connectivity index (χ0n) is 25.4. The normalized spacial score (nSPS) is 29.5. The van der Waals surface area contributed by atoms with Crippen LogP contribution in [-0.4, -0.2) is 68.5 Å². The molecule has 9 heteroatoms. The SMILES string of the molecule is C#C.C=C1CCC2(C)OC2[C@H](C)C2CC(C/C=C/C=C(\C)Cc3cc(OC)c(Cl)c(c3)N1C)NC(=O)O2.CO.CO. The third kappa shape index (κ3) is 9.54. The average molecular weight is 591 g/mol. The molecule has 1 aromatic rings. The van der Waals surface area contributed by atoms with Gasteiger partial charge in [-0.3, -0.25) is 0 Å². The van der Waals surface area contributed by atoms with Crippen LogP contribution in [0, 0.1) is 18.8 Å². The van der Waals surface area contributed by atoms with Gasteiger partial charge in [-0.15, -0.1) is 12.8 Å². The van der Waals surface area contributed by atoms with E-state index in [0.717, 1.165) is 63.3 Å². The number of aliphatic hydroxyl groups is 2. The van der Waals surface area contributed by atoms with E-state index in [1.807, 2.05) is 18.0 Å². The van der Waals surface area contributed by atoms with E-state index in [4.69, 9.17) is 36.0 Å². The van der Waals surface area contributed by atoms with Crippen LogP contribution in [0.25, 0.3) is 0 Å². The molecular weight excluding hydrogens is 544 g/mol. The number of nitrogens with zero attached hydrogens (tertiary/aromatic N) is 1. The average Bonchev–Trinajstić information content (AvgIpc) is 3.67. The molecule has 0 aliphatic carbocycles. The molecular formula is C32H47ClN2O6. The molecule has 1 aromatic carbocycles. The number of amides is 1. The number of methoxy groups -OCH3 is 1. The van der Waals surface area contributed by atoms with Crippen LogP contribution >= 0.6 is 11.6 Å². The quantitative estimate of drug-likeness (QED) is 0.287. The number of allylic oxidation sites excluding steroid dienone is 4. The number of carbonyl (C=O) groups is 1. The van der Waals surface area contributed by atoms with Crippen molar-refractivity contribution >= 4 is 23.4 Å². The first-order valence-electron chi connectivity index (χ1n) is 13.6.